The molecule has 0 aromatic rings. The molecule has 0 aliphatic heterocycles. The van der Waals surface area contributed by atoms with Gasteiger partial charge in [0, 0.05) is 24.7 Å². The van der Waals surface area contributed by atoms with Crippen molar-refractivity contribution in [1.29, 1.82) is 0 Å². The van der Waals surface area contributed by atoms with E-state index in [0.29, 0.717) is 44.9 Å². The van der Waals surface area contributed by atoms with Crippen molar-refractivity contribution in [2.45, 2.75) is 109 Å². The molecule has 0 aromatic heterocycles. The third-order valence-corrected chi connectivity index (χ3v) is 10.4. The molecular weight excluding hydrogens is 476 g/mol. The normalized spacial score (nSPS) is 38.6. The Bertz CT molecular complexity index is 971. The van der Waals surface area contributed by atoms with E-state index < -0.39 is 29.1 Å². The molecule has 0 saturated heterocycles. The van der Waals surface area contributed by atoms with Gasteiger partial charge in [-0.3, -0.25) is 19.2 Å². The average molecular weight is 519 g/mol. The van der Waals surface area contributed by atoms with E-state index in [2.05, 4.69) is 11.7 Å². The molecule has 4 aliphatic rings. The molecule has 0 bridgehead atoms. The van der Waals surface area contributed by atoms with Gasteiger partial charge in [-0.25, -0.2) is 0 Å². The summed E-state index contributed by atoms with van der Waals surface area (Å²) >= 11 is 0. The fourth-order valence-corrected chi connectivity index (χ4v) is 8.34. The number of carbonyl (C=O) groups is 4. The lowest BCUT2D eigenvalue weighted by Crippen LogP contribution is -2.60. The summed E-state index contributed by atoms with van der Waals surface area (Å²) in [6, 6.07) is 0. The third kappa shape index (κ3) is 5.16. The summed E-state index contributed by atoms with van der Waals surface area (Å²) in [7, 11) is 1.33. The van der Waals surface area contributed by atoms with E-state index in [1.165, 1.54) is 7.11 Å². The SMILES string of the molecule is COC(=O)CCCCCC(=O)OC(=O)C[C@@]1(O)CC[C@H]2[C@@H]3CCC4=CC(=O)CC[C@]4(C)[C@H]3[C@@H](O)C[C@@]21C. The maximum atomic E-state index is 12.7. The highest BCUT2D eigenvalue weighted by Crippen LogP contribution is 2.68. The van der Waals surface area contributed by atoms with Gasteiger partial charge in [0.1, 0.15) is 0 Å². The lowest BCUT2D eigenvalue weighted by molar-refractivity contribution is -0.184. The van der Waals surface area contributed by atoms with Crippen LogP contribution in [-0.2, 0) is 28.7 Å². The average Bonchev–Trinajstić information content (AvgIpc) is 3.08. The molecule has 206 valence electrons. The molecule has 8 nitrogen and oxygen atoms in total. The predicted molar refractivity (Wildman–Crippen MR) is 134 cm³/mol. The lowest BCUT2D eigenvalue weighted by atomic mass is 9.45. The summed E-state index contributed by atoms with van der Waals surface area (Å²) in [4.78, 5) is 48.1. The number of fused-ring (bicyclic) bond motifs is 5. The number of hydrogen-bond donors (Lipinski definition) is 2. The molecule has 7 atom stereocenters. The number of carbonyl (C=O) groups excluding carboxylic acids is 4. The van der Waals surface area contributed by atoms with E-state index in [9.17, 15) is 29.4 Å². The maximum absolute atomic E-state index is 12.7. The standard InChI is InChI=1S/C29H42O8/c1-27-13-11-19(30)15-18(27)9-10-20-21-12-14-29(35,28(21,2)16-22(31)26(20)27)17-25(34)37-24(33)8-6-4-5-7-23(32)36-3/h15,20-22,26,31,35H,4-14,16-17H2,1-3H3/t20-,21-,22-,26+,27-,28-,29-/m0/s1. The number of esters is 3. The van der Waals surface area contributed by atoms with Crippen molar-refractivity contribution in [2.75, 3.05) is 7.11 Å². The van der Waals surface area contributed by atoms with Crippen molar-refractivity contribution < 1.29 is 38.9 Å². The molecule has 0 amide bonds. The minimum Gasteiger partial charge on any atom is -0.469 e. The summed E-state index contributed by atoms with van der Waals surface area (Å²) < 4.78 is 9.64. The summed E-state index contributed by atoms with van der Waals surface area (Å²) in [5.41, 5.74) is -1.05. The summed E-state index contributed by atoms with van der Waals surface area (Å²) in [5.74, 6) is -1.07. The Hall–Kier alpha value is -2.06. The smallest absolute Gasteiger partial charge is 0.316 e. The molecule has 37 heavy (non-hydrogen) atoms. The lowest BCUT2D eigenvalue weighted by Gasteiger charge is -2.60. The van der Waals surface area contributed by atoms with Crippen molar-refractivity contribution in [2.24, 2.45) is 28.6 Å². The van der Waals surface area contributed by atoms with Gasteiger partial charge in [-0.15, -0.1) is 0 Å². The van der Waals surface area contributed by atoms with Crippen LogP contribution in [0.3, 0.4) is 0 Å². The summed E-state index contributed by atoms with van der Waals surface area (Å²) in [6.45, 7) is 4.17. The van der Waals surface area contributed by atoms with E-state index >= 15 is 0 Å². The van der Waals surface area contributed by atoms with E-state index in [0.717, 1.165) is 31.3 Å². The van der Waals surface area contributed by atoms with E-state index in [1.54, 1.807) is 6.08 Å². The van der Waals surface area contributed by atoms with Crippen LogP contribution in [0.2, 0.25) is 0 Å². The second-order valence-corrected chi connectivity index (χ2v) is 12.3. The highest BCUT2D eigenvalue weighted by Gasteiger charge is 2.66. The van der Waals surface area contributed by atoms with Crippen molar-refractivity contribution >= 4 is 23.7 Å². The third-order valence-electron chi connectivity index (χ3n) is 10.4. The van der Waals surface area contributed by atoms with E-state index in [-0.39, 0.29) is 47.8 Å². The number of ketones is 1. The van der Waals surface area contributed by atoms with Gasteiger partial charge in [-0.1, -0.05) is 25.8 Å². The molecule has 3 saturated carbocycles. The van der Waals surface area contributed by atoms with Gasteiger partial charge in [0.15, 0.2) is 5.78 Å². The van der Waals surface area contributed by atoms with Gasteiger partial charge >= 0.3 is 17.9 Å². The van der Waals surface area contributed by atoms with Crippen LogP contribution in [0.1, 0.15) is 97.3 Å². The second-order valence-electron chi connectivity index (χ2n) is 12.3. The monoisotopic (exact) mass is 518 g/mol. The van der Waals surface area contributed by atoms with Crippen LogP contribution < -0.4 is 0 Å². The number of methoxy groups -OCH3 is 1. The molecule has 4 rings (SSSR count). The first-order valence-corrected chi connectivity index (χ1v) is 13.9. The van der Waals surface area contributed by atoms with Gasteiger partial charge in [0.25, 0.3) is 0 Å². The molecule has 3 fully saturated rings. The Balaban J connectivity index is 1.37. The Morgan fingerprint density at radius 1 is 1.00 bits per heavy atom. The van der Waals surface area contributed by atoms with Crippen molar-refractivity contribution in [3.05, 3.63) is 11.6 Å². The highest BCUT2D eigenvalue weighted by molar-refractivity contribution is 5.91. The van der Waals surface area contributed by atoms with Crippen LogP contribution in [-0.4, -0.2) is 52.7 Å². The zero-order chi connectivity index (χ0) is 27.0. The minimum atomic E-state index is -1.35. The molecule has 0 spiro atoms. The minimum absolute atomic E-state index is 0.0359. The van der Waals surface area contributed by atoms with E-state index in [1.807, 2.05) is 6.92 Å². The number of aliphatic hydroxyl groups is 2. The molecule has 0 radical (unpaired) electrons. The van der Waals surface area contributed by atoms with Crippen LogP contribution >= 0.6 is 0 Å². The Morgan fingerprint density at radius 2 is 1.70 bits per heavy atom. The number of hydrogen-bond acceptors (Lipinski definition) is 8. The number of unbranched alkanes of at least 4 members (excludes halogenated alkanes) is 2. The quantitative estimate of drug-likeness (QED) is 0.282. The fourth-order valence-electron chi connectivity index (χ4n) is 8.34. The number of ether oxygens (including phenoxy) is 2. The van der Waals surface area contributed by atoms with Crippen LogP contribution in [0.5, 0.6) is 0 Å². The zero-order valence-electron chi connectivity index (χ0n) is 22.4. The maximum Gasteiger partial charge on any atom is 0.316 e. The Morgan fingerprint density at radius 3 is 2.41 bits per heavy atom. The molecule has 0 unspecified atom stereocenters. The first kappa shape index (κ1) is 28.0. The van der Waals surface area contributed by atoms with Crippen molar-refractivity contribution in [3.63, 3.8) is 0 Å². The van der Waals surface area contributed by atoms with Gasteiger partial charge < -0.3 is 19.7 Å². The summed E-state index contributed by atoms with van der Waals surface area (Å²) in [6.07, 6.45) is 7.54. The van der Waals surface area contributed by atoms with Crippen LogP contribution in [0.15, 0.2) is 11.6 Å². The van der Waals surface area contributed by atoms with E-state index in [4.69, 9.17) is 4.74 Å². The van der Waals surface area contributed by atoms with Gasteiger partial charge in [-0.2, -0.15) is 0 Å². The van der Waals surface area contributed by atoms with Crippen LogP contribution in [0.25, 0.3) is 0 Å². The topological polar surface area (TPSA) is 127 Å². The van der Waals surface area contributed by atoms with Crippen LogP contribution in [0.4, 0.5) is 0 Å². The van der Waals surface area contributed by atoms with Gasteiger partial charge in [0.2, 0.25) is 0 Å². The Labute approximate surface area is 219 Å². The number of rotatable bonds is 8. The molecule has 4 aliphatic carbocycles. The molecule has 8 heteroatoms. The van der Waals surface area contributed by atoms with Gasteiger partial charge in [0.05, 0.1) is 25.2 Å². The van der Waals surface area contributed by atoms with Crippen molar-refractivity contribution in [1.82, 2.24) is 0 Å². The molecular formula is C29H42O8. The molecule has 0 heterocycles. The fraction of sp³-hybridized carbons (Fsp3) is 0.793. The second kappa shape index (κ2) is 10.6. The predicted octanol–water partition coefficient (Wildman–Crippen LogP) is 3.80. The first-order chi connectivity index (χ1) is 17.4. The van der Waals surface area contributed by atoms with Crippen molar-refractivity contribution in [3.8, 4) is 0 Å². The molecule has 0 aromatic carbocycles. The zero-order valence-corrected chi connectivity index (χ0v) is 22.4. The first-order valence-electron chi connectivity index (χ1n) is 13.9. The molecule has 2 N–H and O–H groups in total. The summed E-state index contributed by atoms with van der Waals surface area (Å²) in [5, 5.41) is 23.2. The highest BCUT2D eigenvalue weighted by atomic mass is 16.6. The Kier molecular flexibility index (Phi) is 8.01. The number of allylic oxidation sites excluding steroid dienone is 1. The largest absolute Gasteiger partial charge is 0.469 e. The van der Waals surface area contributed by atoms with Gasteiger partial charge in [-0.05, 0) is 80.6 Å². The van der Waals surface area contributed by atoms with Crippen LogP contribution in [0, 0.1) is 28.6 Å². The number of aliphatic hydroxyl groups excluding tert-OH is 1.